The van der Waals surface area contributed by atoms with E-state index in [0.717, 1.165) is 0 Å². The van der Waals surface area contributed by atoms with Crippen LogP contribution >= 0.6 is 0 Å². The number of fused-ring (bicyclic) bond motifs is 2. The maximum Gasteiger partial charge on any atom is 0.144 e. The molecule has 3 fully saturated rings. The molecule has 3 aliphatic rings. The molecule has 0 aromatic carbocycles. The van der Waals surface area contributed by atoms with Gasteiger partial charge in [-0.3, -0.25) is 4.79 Å². The lowest BCUT2D eigenvalue weighted by atomic mass is 9.68. The van der Waals surface area contributed by atoms with Gasteiger partial charge in [-0.15, -0.1) is 0 Å². The first-order valence-electron chi connectivity index (χ1n) is 7.09. The summed E-state index contributed by atoms with van der Waals surface area (Å²) >= 11 is 0. The van der Waals surface area contributed by atoms with Crippen LogP contribution in [0.3, 0.4) is 0 Å². The lowest BCUT2D eigenvalue weighted by molar-refractivity contribution is -0.926. The van der Waals surface area contributed by atoms with Crippen LogP contribution in [0.15, 0.2) is 0 Å². The number of rotatable bonds is 1. The van der Waals surface area contributed by atoms with E-state index in [4.69, 9.17) is 0 Å². The zero-order valence-corrected chi connectivity index (χ0v) is 10.5. The molecule has 2 aliphatic carbocycles. The Labute approximate surface area is 98.6 Å². The Morgan fingerprint density at radius 3 is 2.50 bits per heavy atom. The molecular weight excluding hydrogens is 198 g/mol. The Bertz CT molecular complexity index is 293. The van der Waals surface area contributed by atoms with Crippen LogP contribution in [0.4, 0.5) is 0 Å². The van der Waals surface area contributed by atoms with Crippen LogP contribution in [0.25, 0.3) is 0 Å². The molecule has 2 bridgehead atoms. The Kier molecular flexibility index (Phi) is 2.58. The summed E-state index contributed by atoms with van der Waals surface area (Å²) < 4.78 is 1.21. The lowest BCUT2D eigenvalue weighted by Crippen LogP contribution is -2.58. The van der Waals surface area contributed by atoms with Gasteiger partial charge in [-0.2, -0.15) is 0 Å². The number of ketones is 1. The highest BCUT2D eigenvalue weighted by Crippen LogP contribution is 2.42. The van der Waals surface area contributed by atoms with Crippen LogP contribution in [-0.2, 0) is 4.79 Å². The first-order valence-corrected chi connectivity index (χ1v) is 7.09. The highest BCUT2D eigenvalue weighted by Gasteiger charge is 2.49. The van der Waals surface area contributed by atoms with Crippen LogP contribution in [0.1, 0.15) is 44.9 Å². The molecule has 0 spiro atoms. The quantitative estimate of drug-likeness (QED) is 0.623. The number of likely N-dealkylation sites (tertiary alicyclic amines) is 1. The van der Waals surface area contributed by atoms with Gasteiger partial charge in [0.15, 0.2) is 0 Å². The summed E-state index contributed by atoms with van der Waals surface area (Å²) in [5, 5.41) is 0. The smallest absolute Gasteiger partial charge is 0.144 e. The first kappa shape index (κ1) is 10.8. The third kappa shape index (κ3) is 1.54. The second kappa shape index (κ2) is 3.83. The van der Waals surface area contributed by atoms with Gasteiger partial charge in [0.05, 0.1) is 32.1 Å². The summed E-state index contributed by atoms with van der Waals surface area (Å²) in [6.07, 6.45) is 8.93. The highest BCUT2D eigenvalue weighted by molar-refractivity contribution is 5.85. The molecule has 2 nitrogen and oxygen atoms in total. The van der Waals surface area contributed by atoms with E-state index in [1.807, 2.05) is 0 Å². The van der Waals surface area contributed by atoms with Gasteiger partial charge >= 0.3 is 0 Å². The molecule has 16 heavy (non-hydrogen) atoms. The standard InChI is InChI=1S/C14H24NO/c1-15(9-2-3-10-15)13-8-7-11-5-4-6-12(13)14(11)16/h11-13H,2-10H2,1H3/q+1/t11-,12-,13-/m0/s1. The molecule has 0 aromatic rings. The van der Waals surface area contributed by atoms with Crippen molar-refractivity contribution in [3.63, 3.8) is 0 Å². The van der Waals surface area contributed by atoms with Crippen molar-refractivity contribution in [2.24, 2.45) is 11.8 Å². The minimum Gasteiger partial charge on any atom is -0.323 e. The fourth-order valence-corrected chi connectivity index (χ4v) is 4.55. The second-order valence-electron chi connectivity index (χ2n) is 6.42. The zero-order chi connectivity index (χ0) is 11.2. The molecule has 1 aliphatic heterocycles. The normalized spacial score (nSPS) is 42.3. The monoisotopic (exact) mass is 222 g/mol. The predicted octanol–water partition coefficient (Wildman–Crippen LogP) is 2.37. The van der Waals surface area contributed by atoms with Gasteiger partial charge in [0.1, 0.15) is 5.78 Å². The van der Waals surface area contributed by atoms with Crippen molar-refractivity contribution < 1.29 is 9.28 Å². The van der Waals surface area contributed by atoms with Crippen LogP contribution < -0.4 is 0 Å². The fourth-order valence-electron chi connectivity index (χ4n) is 4.55. The van der Waals surface area contributed by atoms with E-state index in [1.165, 1.54) is 62.5 Å². The Hall–Kier alpha value is -0.370. The third-order valence-electron chi connectivity index (χ3n) is 5.50. The van der Waals surface area contributed by atoms with Crippen molar-refractivity contribution >= 4 is 5.78 Å². The summed E-state index contributed by atoms with van der Waals surface area (Å²) in [7, 11) is 2.40. The van der Waals surface area contributed by atoms with Gasteiger partial charge < -0.3 is 4.48 Å². The van der Waals surface area contributed by atoms with E-state index in [2.05, 4.69) is 7.05 Å². The van der Waals surface area contributed by atoms with E-state index in [0.29, 0.717) is 23.7 Å². The maximum absolute atomic E-state index is 12.3. The molecule has 3 atom stereocenters. The van der Waals surface area contributed by atoms with Crippen LogP contribution in [0, 0.1) is 11.8 Å². The van der Waals surface area contributed by atoms with Crippen molar-refractivity contribution in [2.75, 3.05) is 20.1 Å². The molecule has 0 aromatic heterocycles. The molecule has 1 saturated heterocycles. The summed E-state index contributed by atoms with van der Waals surface area (Å²) in [5.74, 6) is 1.51. The molecular formula is C14H24NO+. The fraction of sp³-hybridized carbons (Fsp3) is 0.929. The number of Topliss-reactive ketones (excluding diaryl/α,β-unsaturated/α-hetero) is 1. The van der Waals surface area contributed by atoms with E-state index in [1.54, 1.807) is 0 Å². The molecule has 0 N–H and O–H groups in total. The van der Waals surface area contributed by atoms with Gasteiger partial charge in [-0.05, 0) is 19.3 Å². The van der Waals surface area contributed by atoms with E-state index < -0.39 is 0 Å². The minimum absolute atomic E-state index is 0.426. The zero-order valence-electron chi connectivity index (χ0n) is 10.5. The van der Waals surface area contributed by atoms with E-state index in [-0.39, 0.29) is 0 Å². The first-order chi connectivity index (χ1) is 7.71. The van der Waals surface area contributed by atoms with E-state index >= 15 is 0 Å². The molecule has 1 heterocycles. The second-order valence-corrected chi connectivity index (χ2v) is 6.42. The highest BCUT2D eigenvalue weighted by atomic mass is 16.1. The molecule has 0 unspecified atom stereocenters. The number of quaternary nitrogens is 1. The van der Waals surface area contributed by atoms with E-state index in [9.17, 15) is 4.79 Å². The lowest BCUT2D eigenvalue weighted by Gasteiger charge is -2.47. The summed E-state index contributed by atoms with van der Waals surface area (Å²) in [6, 6.07) is 0.673. The van der Waals surface area contributed by atoms with Crippen molar-refractivity contribution in [1.29, 1.82) is 0 Å². The van der Waals surface area contributed by atoms with Gasteiger partial charge in [-0.25, -0.2) is 0 Å². The molecule has 3 rings (SSSR count). The Morgan fingerprint density at radius 1 is 1.00 bits per heavy atom. The SMILES string of the molecule is C[N+]1([C@H]2CC[C@@H]3CCC[C@@H]2C3=O)CCCC1. The predicted molar refractivity (Wildman–Crippen MR) is 64.0 cm³/mol. The summed E-state index contributed by atoms with van der Waals surface area (Å²) in [4.78, 5) is 12.3. The van der Waals surface area contributed by atoms with Crippen LogP contribution in [0.2, 0.25) is 0 Å². The van der Waals surface area contributed by atoms with Gasteiger partial charge in [0, 0.05) is 25.2 Å². The van der Waals surface area contributed by atoms with Crippen molar-refractivity contribution in [3.8, 4) is 0 Å². The third-order valence-corrected chi connectivity index (χ3v) is 5.50. The van der Waals surface area contributed by atoms with Crippen LogP contribution in [0.5, 0.6) is 0 Å². The number of nitrogens with zero attached hydrogens (tertiary/aromatic N) is 1. The molecule has 2 saturated carbocycles. The molecule has 90 valence electrons. The van der Waals surface area contributed by atoms with Crippen molar-refractivity contribution in [3.05, 3.63) is 0 Å². The summed E-state index contributed by atoms with van der Waals surface area (Å²) in [5.41, 5.74) is 0. The number of hydrogen-bond donors (Lipinski definition) is 0. The molecule has 0 radical (unpaired) electrons. The average Bonchev–Trinajstić information content (AvgIpc) is 2.65. The van der Waals surface area contributed by atoms with Gasteiger partial charge in [0.25, 0.3) is 0 Å². The number of carbonyl (C=O) groups excluding carboxylic acids is 1. The van der Waals surface area contributed by atoms with Crippen molar-refractivity contribution in [1.82, 2.24) is 0 Å². The maximum atomic E-state index is 12.3. The average molecular weight is 222 g/mol. The van der Waals surface area contributed by atoms with Gasteiger partial charge in [0.2, 0.25) is 0 Å². The minimum atomic E-state index is 0.426. The van der Waals surface area contributed by atoms with Crippen molar-refractivity contribution in [2.45, 2.75) is 51.0 Å². The number of carbonyl (C=O) groups is 1. The van der Waals surface area contributed by atoms with Gasteiger partial charge in [-0.1, -0.05) is 6.42 Å². The molecule has 2 heteroatoms. The van der Waals surface area contributed by atoms with Crippen LogP contribution in [-0.4, -0.2) is 36.4 Å². The largest absolute Gasteiger partial charge is 0.323 e. The summed E-state index contributed by atoms with van der Waals surface area (Å²) in [6.45, 7) is 2.64. The Balaban J connectivity index is 1.82. The number of hydrogen-bond acceptors (Lipinski definition) is 1. The topological polar surface area (TPSA) is 17.1 Å². The molecule has 0 amide bonds. The Morgan fingerprint density at radius 2 is 1.75 bits per heavy atom.